The van der Waals surface area contributed by atoms with Crippen LogP contribution < -0.4 is 20.1 Å². The molecule has 154 valence electrons. The molecular formula is C21H32N4O3. The zero-order valence-electron chi connectivity index (χ0n) is 17.5. The lowest BCUT2D eigenvalue weighted by molar-refractivity contribution is 0.368. The molecule has 0 spiro atoms. The van der Waals surface area contributed by atoms with Crippen LogP contribution in [0.4, 0.5) is 0 Å². The van der Waals surface area contributed by atoms with Crippen molar-refractivity contribution in [1.29, 1.82) is 0 Å². The fourth-order valence-corrected chi connectivity index (χ4v) is 3.10. The van der Waals surface area contributed by atoms with Gasteiger partial charge >= 0.3 is 0 Å². The maximum absolute atomic E-state index is 5.45. The van der Waals surface area contributed by atoms with E-state index in [1.54, 1.807) is 21.3 Å². The Kier molecular flexibility index (Phi) is 8.65. The quantitative estimate of drug-likeness (QED) is 0.479. The number of hydrogen-bond acceptors (Lipinski definition) is 5. The molecule has 1 heterocycles. The summed E-state index contributed by atoms with van der Waals surface area (Å²) in [5.41, 5.74) is 2.10. The van der Waals surface area contributed by atoms with Gasteiger partial charge in [0.05, 0.1) is 26.5 Å². The van der Waals surface area contributed by atoms with Crippen LogP contribution >= 0.6 is 0 Å². The fourth-order valence-electron chi connectivity index (χ4n) is 3.10. The van der Waals surface area contributed by atoms with Crippen molar-refractivity contribution in [3.63, 3.8) is 0 Å². The average molecular weight is 389 g/mol. The first-order chi connectivity index (χ1) is 13.6. The van der Waals surface area contributed by atoms with Crippen LogP contribution in [-0.4, -0.2) is 38.9 Å². The van der Waals surface area contributed by atoms with Crippen LogP contribution in [0.3, 0.4) is 0 Å². The summed E-state index contributed by atoms with van der Waals surface area (Å²) in [4.78, 5) is 4.26. The van der Waals surface area contributed by atoms with Crippen LogP contribution in [0.1, 0.15) is 49.6 Å². The average Bonchev–Trinajstić information content (AvgIpc) is 3.20. The third-order valence-corrected chi connectivity index (χ3v) is 4.81. The third-order valence-electron chi connectivity index (χ3n) is 4.81. The molecule has 0 amide bonds. The van der Waals surface area contributed by atoms with Gasteiger partial charge in [-0.1, -0.05) is 19.0 Å². The smallest absolute Gasteiger partial charge is 0.191 e. The molecule has 1 aromatic carbocycles. The summed E-state index contributed by atoms with van der Waals surface area (Å²) >= 11 is 0. The highest BCUT2D eigenvalue weighted by Gasteiger charge is 2.13. The van der Waals surface area contributed by atoms with Crippen molar-refractivity contribution in [3.8, 4) is 11.5 Å². The molecule has 28 heavy (non-hydrogen) atoms. The van der Waals surface area contributed by atoms with Gasteiger partial charge in [0.2, 0.25) is 0 Å². The number of nitrogens with one attached hydrogen (secondary N) is 2. The Bertz CT molecular complexity index is 754. The van der Waals surface area contributed by atoms with Crippen LogP contribution in [0.25, 0.3) is 0 Å². The lowest BCUT2D eigenvalue weighted by atomic mass is 9.99. The number of ether oxygens (including phenoxy) is 2. The van der Waals surface area contributed by atoms with E-state index in [1.165, 1.54) is 0 Å². The first-order valence-electron chi connectivity index (χ1n) is 9.75. The molecule has 0 fully saturated rings. The molecule has 0 aliphatic carbocycles. The Hall–Kier alpha value is -2.70. The summed E-state index contributed by atoms with van der Waals surface area (Å²) in [6.07, 6.45) is 2.90. The Labute approximate surface area is 167 Å². The second-order valence-corrected chi connectivity index (χ2v) is 6.51. The molecule has 0 atom stereocenters. The van der Waals surface area contributed by atoms with E-state index in [2.05, 4.69) is 34.6 Å². The predicted molar refractivity (Wildman–Crippen MR) is 111 cm³/mol. The molecule has 7 nitrogen and oxygen atoms in total. The zero-order chi connectivity index (χ0) is 20.4. The minimum Gasteiger partial charge on any atom is -0.497 e. The molecule has 2 aromatic rings. The van der Waals surface area contributed by atoms with Gasteiger partial charge in [0.25, 0.3) is 0 Å². The SMILES string of the molecule is CCC(CC)c1cc(CNC(=NC)NCCc2cc(OC)ccc2OC)on1. The van der Waals surface area contributed by atoms with Gasteiger partial charge in [0.15, 0.2) is 11.7 Å². The lowest BCUT2D eigenvalue weighted by Gasteiger charge is -2.13. The Morgan fingerprint density at radius 3 is 2.57 bits per heavy atom. The summed E-state index contributed by atoms with van der Waals surface area (Å²) in [5.74, 6) is 3.63. The lowest BCUT2D eigenvalue weighted by Crippen LogP contribution is -2.37. The highest BCUT2D eigenvalue weighted by atomic mass is 16.5. The van der Waals surface area contributed by atoms with Gasteiger partial charge in [-0.25, -0.2) is 0 Å². The van der Waals surface area contributed by atoms with Gasteiger partial charge in [0, 0.05) is 25.6 Å². The number of guanidine groups is 1. The van der Waals surface area contributed by atoms with Crippen molar-refractivity contribution in [2.45, 2.75) is 45.6 Å². The van der Waals surface area contributed by atoms with E-state index in [1.807, 2.05) is 24.3 Å². The topological polar surface area (TPSA) is 80.9 Å². The van der Waals surface area contributed by atoms with Crippen LogP contribution in [0.15, 0.2) is 33.8 Å². The van der Waals surface area contributed by atoms with Gasteiger partial charge in [-0.2, -0.15) is 0 Å². The highest BCUT2D eigenvalue weighted by Crippen LogP contribution is 2.24. The van der Waals surface area contributed by atoms with Gasteiger partial charge < -0.3 is 24.6 Å². The van der Waals surface area contributed by atoms with E-state index >= 15 is 0 Å². The van der Waals surface area contributed by atoms with E-state index in [0.717, 1.165) is 47.8 Å². The molecule has 0 saturated heterocycles. The summed E-state index contributed by atoms with van der Waals surface area (Å²) < 4.78 is 16.2. The summed E-state index contributed by atoms with van der Waals surface area (Å²) in [6.45, 7) is 5.58. The second kappa shape index (κ2) is 11.2. The molecule has 0 aliphatic heterocycles. The number of rotatable bonds is 10. The maximum atomic E-state index is 5.45. The molecule has 0 unspecified atom stereocenters. The van der Waals surface area contributed by atoms with Crippen molar-refractivity contribution in [2.75, 3.05) is 27.8 Å². The first-order valence-corrected chi connectivity index (χ1v) is 9.75. The number of methoxy groups -OCH3 is 2. The van der Waals surface area contributed by atoms with Crippen LogP contribution in [0, 0.1) is 0 Å². The molecule has 0 radical (unpaired) electrons. The van der Waals surface area contributed by atoms with E-state index in [-0.39, 0.29) is 0 Å². The highest BCUT2D eigenvalue weighted by molar-refractivity contribution is 5.79. The van der Waals surface area contributed by atoms with Gasteiger partial charge in [-0.3, -0.25) is 4.99 Å². The van der Waals surface area contributed by atoms with E-state index in [4.69, 9.17) is 14.0 Å². The molecule has 0 bridgehead atoms. The van der Waals surface area contributed by atoms with E-state index in [9.17, 15) is 0 Å². The first kappa shape index (κ1) is 21.6. The summed E-state index contributed by atoms with van der Waals surface area (Å²) in [5, 5.41) is 10.8. The molecule has 2 rings (SSSR count). The van der Waals surface area contributed by atoms with E-state index in [0.29, 0.717) is 25.0 Å². The minimum atomic E-state index is 0.452. The molecule has 7 heteroatoms. The molecule has 0 aliphatic rings. The summed E-state index contributed by atoms with van der Waals surface area (Å²) in [6, 6.07) is 7.83. The number of aromatic nitrogens is 1. The molecule has 1 aromatic heterocycles. The summed E-state index contributed by atoms with van der Waals surface area (Å²) in [7, 11) is 5.08. The van der Waals surface area contributed by atoms with Crippen molar-refractivity contribution < 1.29 is 14.0 Å². The largest absolute Gasteiger partial charge is 0.497 e. The van der Waals surface area contributed by atoms with Crippen molar-refractivity contribution in [2.24, 2.45) is 4.99 Å². The van der Waals surface area contributed by atoms with Crippen molar-refractivity contribution in [1.82, 2.24) is 15.8 Å². The monoisotopic (exact) mass is 388 g/mol. The number of hydrogen-bond donors (Lipinski definition) is 2. The predicted octanol–water partition coefficient (Wildman–Crippen LogP) is 3.50. The number of aliphatic imine (C=N–C) groups is 1. The molecular weight excluding hydrogens is 356 g/mol. The van der Waals surface area contributed by atoms with Crippen LogP contribution in [-0.2, 0) is 13.0 Å². The van der Waals surface area contributed by atoms with Gasteiger partial charge in [0.1, 0.15) is 11.5 Å². The Morgan fingerprint density at radius 2 is 1.93 bits per heavy atom. The number of nitrogens with zero attached hydrogens (tertiary/aromatic N) is 2. The van der Waals surface area contributed by atoms with E-state index < -0.39 is 0 Å². The zero-order valence-corrected chi connectivity index (χ0v) is 17.5. The normalized spacial score (nSPS) is 11.6. The molecule has 2 N–H and O–H groups in total. The standard InChI is InChI=1S/C21H32N4O3/c1-6-15(7-2)19-13-18(28-25-19)14-24-21(22-3)23-11-10-16-12-17(26-4)8-9-20(16)27-5/h8-9,12-13,15H,6-7,10-11,14H2,1-5H3,(H2,22,23,24). The minimum absolute atomic E-state index is 0.452. The Morgan fingerprint density at radius 1 is 1.14 bits per heavy atom. The van der Waals surface area contributed by atoms with Crippen molar-refractivity contribution in [3.05, 3.63) is 41.3 Å². The third kappa shape index (κ3) is 5.90. The van der Waals surface area contributed by atoms with Crippen molar-refractivity contribution >= 4 is 5.96 Å². The number of benzene rings is 1. The molecule has 0 saturated carbocycles. The van der Waals surface area contributed by atoms with Crippen LogP contribution in [0.5, 0.6) is 11.5 Å². The van der Waals surface area contributed by atoms with Gasteiger partial charge in [-0.15, -0.1) is 0 Å². The van der Waals surface area contributed by atoms with Gasteiger partial charge in [-0.05, 0) is 43.0 Å². The Balaban J connectivity index is 1.85. The van der Waals surface area contributed by atoms with Crippen LogP contribution in [0.2, 0.25) is 0 Å². The maximum Gasteiger partial charge on any atom is 0.191 e. The second-order valence-electron chi connectivity index (χ2n) is 6.51. The fraction of sp³-hybridized carbons (Fsp3) is 0.524.